The lowest BCUT2D eigenvalue weighted by atomic mass is 10.1. The highest BCUT2D eigenvalue weighted by Gasteiger charge is 2.14. The van der Waals surface area contributed by atoms with Gasteiger partial charge in [-0.25, -0.2) is 4.68 Å². The average molecular weight is 375 g/mol. The molecule has 4 aromatic rings. The van der Waals surface area contributed by atoms with Crippen LogP contribution in [0.15, 0.2) is 61.1 Å². The van der Waals surface area contributed by atoms with E-state index in [4.69, 9.17) is 0 Å². The molecule has 0 aliphatic rings. The van der Waals surface area contributed by atoms with E-state index in [0.717, 1.165) is 16.6 Å². The molecule has 0 aliphatic heterocycles. The Morgan fingerprint density at radius 2 is 2.11 bits per heavy atom. The van der Waals surface area contributed by atoms with E-state index in [-0.39, 0.29) is 12.3 Å². The fourth-order valence-corrected chi connectivity index (χ4v) is 3.08. The van der Waals surface area contributed by atoms with Crippen LogP contribution in [0.4, 0.5) is 17.1 Å². The van der Waals surface area contributed by atoms with Gasteiger partial charge in [0.2, 0.25) is 0 Å². The highest BCUT2D eigenvalue weighted by atomic mass is 16.6. The van der Waals surface area contributed by atoms with Crippen molar-refractivity contribution in [2.45, 2.75) is 13.5 Å². The lowest BCUT2D eigenvalue weighted by molar-refractivity contribution is -0.385. The van der Waals surface area contributed by atoms with E-state index >= 15 is 0 Å². The van der Waals surface area contributed by atoms with Gasteiger partial charge in [-0.3, -0.25) is 15.1 Å². The maximum Gasteiger partial charge on any atom is 0.274 e. The van der Waals surface area contributed by atoms with Crippen LogP contribution in [0.5, 0.6) is 0 Å². The van der Waals surface area contributed by atoms with Crippen molar-refractivity contribution in [3.63, 3.8) is 0 Å². The minimum absolute atomic E-state index is 0.0335. The van der Waals surface area contributed by atoms with Gasteiger partial charge in [0, 0.05) is 46.9 Å². The lowest BCUT2D eigenvalue weighted by Gasteiger charge is -2.15. The molecule has 28 heavy (non-hydrogen) atoms. The van der Waals surface area contributed by atoms with Crippen molar-refractivity contribution in [3.05, 3.63) is 82.3 Å². The third-order valence-electron chi connectivity index (χ3n) is 4.54. The molecule has 2 aromatic heterocycles. The van der Waals surface area contributed by atoms with Crippen molar-refractivity contribution in [3.8, 4) is 5.69 Å². The zero-order chi connectivity index (χ0) is 19.7. The molecule has 0 bridgehead atoms. The topological polar surface area (TPSA) is 106 Å². The van der Waals surface area contributed by atoms with Crippen LogP contribution in [-0.4, -0.2) is 24.8 Å². The molecule has 0 amide bonds. The predicted octanol–water partition coefficient (Wildman–Crippen LogP) is 3.87. The Kier molecular flexibility index (Phi) is 4.46. The van der Waals surface area contributed by atoms with Gasteiger partial charge in [0.05, 0.1) is 28.4 Å². The summed E-state index contributed by atoms with van der Waals surface area (Å²) in [7, 11) is 0. The first kappa shape index (κ1) is 17.6. The Labute approximate surface area is 160 Å². The zero-order valence-corrected chi connectivity index (χ0v) is 15.0. The number of nitrogens with one attached hydrogen (secondary N) is 1. The summed E-state index contributed by atoms with van der Waals surface area (Å²) in [6.07, 6.45) is 5.12. The molecule has 0 spiro atoms. The number of anilines is 2. The maximum atomic E-state index is 11.3. The Balaban J connectivity index is 1.86. The highest BCUT2D eigenvalue weighted by Crippen LogP contribution is 2.32. The molecule has 2 N–H and O–H groups in total. The largest absolute Gasteiger partial charge is 0.392 e. The molecule has 140 valence electrons. The maximum absolute atomic E-state index is 11.3. The standard InChI is InChI=1S/C20H17N5O3/c1-13-3-4-15(9-19(13)25(27)28)23-20-14(12-26)11-21-18-6-5-16(10-17(18)20)24-8-2-7-22-24/h2-11,26H,12H2,1H3,(H,21,23). The first-order chi connectivity index (χ1) is 13.6. The summed E-state index contributed by atoms with van der Waals surface area (Å²) in [5.74, 6) is 0. The molecule has 0 aliphatic carbocycles. The van der Waals surface area contributed by atoms with Crippen molar-refractivity contribution >= 4 is 28.0 Å². The molecule has 4 rings (SSSR count). The Bertz CT molecular complexity index is 1170. The number of aliphatic hydroxyl groups excluding tert-OH is 1. The van der Waals surface area contributed by atoms with Gasteiger partial charge < -0.3 is 10.4 Å². The Morgan fingerprint density at radius 3 is 2.82 bits per heavy atom. The van der Waals surface area contributed by atoms with Gasteiger partial charge >= 0.3 is 0 Å². The van der Waals surface area contributed by atoms with Crippen molar-refractivity contribution in [2.75, 3.05) is 5.32 Å². The fourth-order valence-electron chi connectivity index (χ4n) is 3.08. The van der Waals surface area contributed by atoms with E-state index in [2.05, 4.69) is 15.4 Å². The normalized spacial score (nSPS) is 10.9. The van der Waals surface area contributed by atoms with E-state index in [1.54, 1.807) is 36.1 Å². The molecule has 0 unspecified atom stereocenters. The molecule has 0 atom stereocenters. The first-order valence-electron chi connectivity index (χ1n) is 8.61. The predicted molar refractivity (Wildman–Crippen MR) is 106 cm³/mol. The summed E-state index contributed by atoms with van der Waals surface area (Å²) >= 11 is 0. The van der Waals surface area contributed by atoms with Gasteiger partial charge in [-0.05, 0) is 37.3 Å². The third-order valence-corrected chi connectivity index (χ3v) is 4.54. The molecular formula is C20H17N5O3. The minimum atomic E-state index is -0.409. The number of aromatic nitrogens is 3. The number of hydrogen-bond donors (Lipinski definition) is 2. The fraction of sp³-hybridized carbons (Fsp3) is 0.100. The number of benzene rings is 2. The van der Waals surface area contributed by atoms with Crippen LogP contribution in [0.2, 0.25) is 0 Å². The first-order valence-corrected chi connectivity index (χ1v) is 8.61. The van der Waals surface area contributed by atoms with Gasteiger partial charge in [0.1, 0.15) is 0 Å². The molecule has 0 radical (unpaired) electrons. The number of pyridine rings is 1. The van der Waals surface area contributed by atoms with E-state index in [9.17, 15) is 15.2 Å². The highest BCUT2D eigenvalue weighted by molar-refractivity contribution is 5.96. The molecule has 2 aromatic carbocycles. The van der Waals surface area contributed by atoms with Gasteiger partial charge in [0.25, 0.3) is 5.69 Å². The van der Waals surface area contributed by atoms with E-state index in [1.165, 1.54) is 6.07 Å². The molecule has 0 saturated carbocycles. The molecule has 8 nitrogen and oxygen atoms in total. The summed E-state index contributed by atoms with van der Waals surface area (Å²) in [5, 5.41) is 29.3. The van der Waals surface area contributed by atoms with Gasteiger partial charge in [-0.1, -0.05) is 6.07 Å². The summed E-state index contributed by atoms with van der Waals surface area (Å²) in [5.41, 5.74) is 3.99. The van der Waals surface area contributed by atoms with Crippen molar-refractivity contribution < 1.29 is 10.0 Å². The molecule has 0 fully saturated rings. The summed E-state index contributed by atoms with van der Waals surface area (Å²) < 4.78 is 1.73. The molecular weight excluding hydrogens is 358 g/mol. The van der Waals surface area contributed by atoms with Crippen LogP contribution >= 0.6 is 0 Å². The number of nitro benzene ring substituents is 1. The quantitative estimate of drug-likeness (QED) is 0.405. The van der Waals surface area contributed by atoms with Gasteiger partial charge in [-0.15, -0.1) is 0 Å². The van der Waals surface area contributed by atoms with E-state index in [0.29, 0.717) is 22.5 Å². The minimum Gasteiger partial charge on any atom is -0.392 e. The van der Waals surface area contributed by atoms with E-state index < -0.39 is 4.92 Å². The van der Waals surface area contributed by atoms with E-state index in [1.807, 2.05) is 30.5 Å². The SMILES string of the molecule is Cc1ccc(Nc2c(CO)cnc3ccc(-n4cccn4)cc23)cc1[N+](=O)[O-]. The second-order valence-corrected chi connectivity index (χ2v) is 6.35. The number of rotatable bonds is 5. The Hall–Kier alpha value is -3.78. The smallest absolute Gasteiger partial charge is 0.274 e. The zero-order valence-electron chi connectivity index (χ0n) is 15.0. The molecule has 8 heteroatoms. The van der Waals surface area contributed by atoms with Crippen LogP contribution in [-0.2, 0) is 6.61 Å². The van der Waals surface area contributed by atoms with Crippen molar-refractivity contribution in [1.29, 1.82) is 0 Å². The van der Waals surface area contributed by atoms with Crippen LogP contribution in [0, 0.1) is 17.0 Å². The third kappa shape index (κ3) is 3.17. The number of aryl methyl sites for hydroxylation is 1. The second kappa shape index (κ2) is 7.09. The van der Waals surface area contributed by atoms with Gasteiger partial charge in [-0.2, -0.15) is 5.10 Å². The Morgan fingerprint density at radius 1 is 1.25 bits per heavy atom. The molecule has 2 heterocycles. The monoisotopic (exact) mass is 375 g/mol. The summed E-state index contributed by atoms with van der Waals surface area (Å²) in [4.78, 5) is 15.2. The summed E-state index contributed by atoms with van der Waals surface area (Å²) in [6, 6.07) is 12.5. The summed E-state index contributed by atoms with van der Waals surface area (Å²) in [6.45, 7) is 1.48. The number of hydrogen-bond acceptors (Lipinski definition) is 6. The van der Waals surface area contributed by atoms with Crippen LogP contribution in [0.3, 0.4) is 0 Å². The van der Waals surface area contributed by atoms with Crippen LogP contribution in [0.1, 0.15) is 11.1 Å². The number of nitro groups is 1. The number of nitrogens with zero attached hydrogens (tertiary/aromatic N) is 4. The van der Waals surface area contributed by atoms with Crippen LogP contribution < -0.4 is 5.32 Å². The number of aliphatic hydroxyl groups is 1. The number of fused-ring (bicyclic) bond motifs is 1. The second-order valence-electron chi connectivity index (χ2n) is 6.35. The lowest BCUT2D eigenvalue weighted by Crippen LogP contribution is -2.01. The van der Waals surface area contributed by atoms with Crippen molar-refractivity contribution in [1.82, 2.24) is 14.8 Å². The molecule has 0 saturated heterocycles. The average Bonchev–Trinajstić information content (AvgIpc) is 3.24. The van der Waals surface area contributed by atoms with Crippen molar-refractivity contribution in [2.24, 2.45) is 0 Å². The van der Waals surface area contributed by atoms with Crippen LogP contribution in [0.25, 0.3) is 16.6 Å². The van der Waals surface area contributed by atoms with Gasteiger partial charge in [0.15, 0.2) is 0 Å².